The summed E-state index contributed by atoms with van der Waals surface area (Å²) in [4.78, 5) is 2.38. The van der Waals surface area contributed by atoms with Crippen LogP contribution in [0.2, 0.25) is 0 Å². The van der Waals surface area contributed by atoms with Gasteiger partial charge in [0.1, 0.15) is 0 Å². The van der Waals surface area contributed by atoms with Crippen LogP contribution >= 0.6 is 0 Å². The van der Waals surface area contributed by atoms with E-state index >= 15 is 0 Å². The largest absolute Gasteiger partial charge is 0.312 e. The van der Waals surface area contributed by atoms with Gasteiger partial charge in [-0.3, -0.25) is 0 Å². The summed E-state index contributed by atoms with van der Waals surface area (Å²) in [5.41, 5.74) is 4.50. The zero-order valence-corrected chi connectivity index (χ0v) is 15.1. The van der Waals surface area contributed by atoms with Crippen LogP contribution in [0.3, 0.4) is 0 Å². The van der Waals surface area contributed by atoms with Crippen LogP contribution in [0.25, 0.3) is 0 Å². The van der Waals surface area contributed by atoms with Gasteiger partial charge in [0.25, 0.3) is 0 Å². The van der Waals surface area contributed by atoms with E-state index in [0.717, 1.165) is 19.4 Å². The van der Waals surface area contributed by atoms with Gasteiger partial charge in [0.15, 0.2) is 0 Å². The Balaban J connectivity index is 3.08. The minimum Gasteiger partial charge on any atom is -0.312 e. The SMILES string of the molecule is CCCNC(Cc1c(C)cccc1C)C(C)(CC)N(C)C. The van der Waals surface area contributed by atoms with Crippen molar-refractivity contribution < 1.29 is 0 Å². The van der Waals surface area contributed by atoms with Crippen LogP contribution in [0.15, 0.2) is 18.2 Å². The molecule has 0 saturated heterocycles. The summed E-state index contributed by atoms with van der Waals surface area (Å²) < 4.78 is 0. The fourth-order valence-electron chi connectivity index (χ4n) is 3.08. The summed E-state index contributed by atoms with van der Waals surface area (Å²) in [7, 11) is 4.41. The molecule has 1 N–H and O–H groups in total. The molecule has 0 aliphatic rings. The van der Waals surface area contributed by atoms with Crippen LogP contribution in [0, 0.1) is 13.8 Å². The first-order chi connectivity index (χ1) is 9.86. The van der Waals surface area contributed by atoms with Crippen molar-refractivity contribution in [3.63, 3.8) is 0 Å². The highest BCUT2D eigenvalue weighted by molar-refractivity contribution is 5.34. The topological polar surface area (TPSA) is 15.3 Å². The summed E-state index contributed by atoms with van der Waals surface area (Å²) >= 11 is 0. The quantitative estimate of drug-likeness (QED) is 0.780. The Hall–Kier alpha value is -0.860. The Morgan fingerprint density at radius 3 is 2.14 bits per heavy atom. The Morgan fingerprint density at radius 2 is 1.71 bits per heavy atom. The molecule has 1 aromatic carbocycles. The number of nitrogens with one attached hydrogen (secondary N) is 1. The molecular weight excluding hydrogens is 256 g/mol. The van der Waals surface area contributed by atoms with Gasteiger partial charge in [-0.25, -0.2) is 0 Å². The first-order valence-electron chi connectivity index (χ1n) is 8.32. The van der Waals surface area contributed by atoms with E-state index in [0.29, 0.717) is 6.04 Å². The van der Waals surface area contributed by atoms with Gasteiger partial charge in [-0.1, -0.05) is 32.0 Å². The lowest BCUT2D eigenvalue weighted by atomic mass is 9.82. The molecule has 0 fully saturated rings. The van der Waals surface area contributed by atoms with Crippen molar-refractivity contribution in [3.8, 4) is 0 Å². The van der Waals surface area contributed by atoms with Crippen molar-refractivity contribution in [1.29, 1.82) is 0 Å². The lowest BCUT2D eigenvalue weighted by molar-refractivity contribution is 0.112. The van der Waals surface area contributed by atoms with E-state index in [4.69, 9.17) is 0 Å². The third-order valence-electron chi connectivity index (χ3n) is 5.18. The zero-order chi connectivity index (χ0) is 16.0. The molecule has 2 heteroatoms. The molecule has 1 aromatic rings. The van der Waals surface area contributed by atoms with Gasteiger partial charge in [0.2, 0.25) is 0 Å². The first-order valence-corrected chi connectivity index (χ1v) is 8.32. The fourth-order valence-corrected chi connectivity index (χ4v) is 3.08. The third-order valence-corrected chi connectivity index (χ3v) is 5.18. The van der Waals surface area contributed by atoms with Crippen LogP contribution in [0.5, 0.6) is 0 Å². The molecular formula is C19H34N2. The monoisotopic (exact) mass is 290 g/mol. The van der Waals surface area contributed by atoms with Crippen LogP contribution in [0.4, 0.5) is 0 Å². The smallest absolute Gasteiger partial charge is 0.0328 e. The lowest BCUT2D eigenvalue weighted by Gasteiger charge is -2.43. The van der Waals surface area contributed by atoms with Gasteiger partial charge >= 0.3 is 0 Å². The second-order valence-corrected chi connectivity index (χ2v) is 6.69. The summed E-state index contributed by atoms with van der Waals surface area (Å²) in [5.74, 6) is 0. The highest BCUT2D eigenvalue weighted by atomic mass is 15.2. The summed E-state index contributed by atoms with van der Waals surface area (Å²) in [6.07, 6.45) is 3.42. The van der Waals surface area contributed by atoms with E-state index in [2.05, 4.69) is 77.1 Å². The van der Waals surface area contributed by atoms with E-state index in [-0.39, 0.29) is 5.54 Å². The molecule has 0 spiro atoms. The maximum atomic E-state index is 3.80. The number of aryl methyl sites for hydroxylation is 2. The maximum absolute atomic E-state index is 3.80. The van der Waals surface area contributed by atoms with Gasteiger partial charge in [-0.15, -0.1) is 0 Å². The number of hydrogen-bond acceptors (Lipinski definition) is 2. The average molecular weight is 290 g/mol. The molecule has 0 saturated carbocycles. The number of likely N-dealkylation sites (N-methyl/N-ethyl adjacent to an activating group) is 1. The van der Waals surface area contributed by atoms with Gasteiger partial charge in [-0.05, 0) is 77.4 Å². The minimum atomic E-state index is 0.171. The maximum Gasteiger partial charge on any atom is 0.0328 e. The Morgan fingerprint density at radius 1 is 1.14 bits per heavy atom. The number of rotatable bonds is 8. The minimum absolute atomic E-state index is 0.171. The molecule has 21 heavy (non-hydrogen) atoms. The second-order valence-electron chi connectivity index (χ2n) is 6.69. The molecule has 0 bridgehead atoms. The van der Waals surface area contributed by atoms with E-state index in [1.165, 1.54) is 23.1 Å². The molecule has 0 heterocycles. The normalized spacial score (nSPS) is 16.0. The molecule has 120 valence electrons. The standard InChI is InChI=1S/C19H34N2/c1-8-13-20-18(19(5,9-2)21(6)7)14-17-15(3)11-10-12-16(17)4/h10-12,18,20H,8-9,13-14H2,1-7H3. The predicted octanol–water partition coefficient (Wildman–Crippen LogP) is 3.94. The van der Waals surface area contributed by atoms with Crippen molar-refractivity contribution >= 4 is 0 Å². The molecule has 0 aliphatic heterocycles. The molecule has 0 aliphatic carbocycles. The molecule has 2 unspecified atom stereocenters. The van der Waals surface area contributed by atoms with Gasteiger partial charge in [0, 0.05) is 11.6 Å². The van der Waals surface area contributed by atoms with Crippen LogP contribution in [-0.2, 0) is 6.42 Å². The fraction of sp³-hybridized carbons (Fsp3) is 0.684. The van der Waals surface area contributed by atoms with Crippen molar-refractivity contribution in [2.24, 2.45) is 0 Å². The van der Waals surface area contributed by atoms with E-state index in [1.54, 1.807) is 0 Å². The molecule has 2 atom stereocenters. The summed E-state index contributed by atoms with van der Waals surface area (Å²) in [5, 5.41) is 3.80. The number of benzene rings is 1. The predicted molar refractivity (Wildman–Crippen MR) is 94.1 cm³/mol. The van der Waals surface area contributed by atoms with Crippen molar-refractivity contribution in [2.45, 2.75) is 65.5 Å². The summed E-state index contributed by atoms with van der Waals surface area (Å²) in [6, 6.07) is 7.10. The Kier molecular flexibility index (Phi) is 6.89. The number of nitrogens with zero attached hydrogens (tertiary/aromatic N) is 1. The second kappa shape index (κ2) is 7.95. The zero-order valence-electron chi connectivity index (χ0n) is 15.1. The third kappa shape index (κ3) is 4.31. The van der Waals surface area contributed by atoms with E-state index < -0.39 is 0 Å². The summed E-state index contributed by atoms with van der Waals surface area (Å²) in [6.45, 7) is 12.5. The first kappa shape index (κ1) is 18.2. The average Bonchev–Trinajstić information content (AvgIpc) is 2.45. The van der Waals surface area contributed by atoms with E-state index in [9.17, 15) is 0 Å². The van der Waals surface area contributed by atoms with Crippen LogP contribution in [-0.4, -0.2) is 37.1 Å². The number of hydrogen-bond donors (Lipinski definition) is 1. The highest BCUT2D eigenvalue weighted by Gasteiger charge is 2.34. The highest BCUT2D eigenvalue weighted by Crippen LogP contribution is 2.26. The van der Waals surface area contributed by atoms with Gasteiger partial charge < -0.3 is 10.2 Å². The van der Waals surface area contributed by atoms with Gasteiger partial charge in [0.05, 0.1) is 0 Å². The molecule has 0 radical (unpaired) electrons. The van der Waals surface area contributed by atoms with Gasteiger partial charge in [-0.2, -0.15) is 0 Å². The van der Waals surface area contributed by atoms with E-state index in [1.807, 2.05) is 0 Å². The molecule has 1 rings (SSSR count). The Bertz CT molecular complexity index is 419. The van der Waals surface area contributed by atoms with Crippen LogP contribution in [0.1, 0.15) is 50.3 Å². The van der Waals surface area contributed by atoms with Crippen LogP contribution < -0.4 is 5.32 Å². The lowest BCUT2D eigenvalue weighted by Crippen LogP contribution is -2.58. The molecule has 0 aromatic heterocycles. The molecule has 0 amide bonds. The Labute approximate surface area is 131 Å². The van der Waals surface area contributed by atoms with Crippen molar-refractivity contribution in [2.75, 3.05) is 20.6 Å². The molecule has 2 nitrogen and oxygen atoms in total. The van der Waals surface area contributed by atoms with Crippen molar-refractivity contribution in [3.05, 3.63) is 34.9 Å². The van der Waals surface area contributed by atoms with Crippen molar-refractivity contribution in [1.82, 2.24) is 10.2 Å².